The highest BCUT2D eigenvalue weighted by Crippen LogP contribution is 2.13. The molecule has 0 aromatic carbocycles. The standard InChI is InChI=1S/C15H24N6/c1-19-7-9-21(10-8-19)14-4-3-13(11-17-14)12-18-15-16-5-6-20(15)2/h3-4,11H,5-10,12H2,1-2H3,(H,16,18). The van der Waals surface area contributed by atoms with Crippen LogP contribution in [0.2, 0.25) is 0 Å². The second kappa shape index (κ2) is 6.30. The van der Waals surface area contributed by atoms with Gasteiger partial charge in [-0.05, 0) is 18.7 Å². The summed E-state index contributed by atoms with van der Waals surface area (Å²) in [4.78, 5) is 15.9. The summed E-state index contributed by atoms with van der Waals surface area (Å²) in [6.07, 6.45) is 1.97. The van der Waals surface area contributed by atoms with Gasteiger partial charge >= 0.3 is 0 Å². The van der Waals surface area contributed by atoms with Crippen molar-refractivity contribution in [1.29, 1.82) is 0 Å². The molecule has 1 fully saturated rings. The van der Waals surface area contributed by atoms with E-state index in [0.29, 0.717) is 0 Å². The molecule has 0 spiro atoms. The van der Waals surface area contributed by atoms with Crippen molar-refractivity contribution in [2.24, 2.45) is 4.99 Å². The van der Waals surface area contributed by atoms with E-state index < -0.39 is 0 Å². The summed E-state index contributed by atoms with van der Waals surface area (Å²) in [5, 5.41) is 3.37. The van der Waals surface area contributed by atoms with Crippen LogP contribution in [0.25, 0.3) is 0 Å². The Labute approximate surface area is 126 Å². The zero-order valence-corrected chi connectivity index (χ0v) is 12.9. The quantitative estimate of drug-likeness (QED) is 0.862. The lowest BCUT2D eigenvalue weighted by Gasteiger charge is -2.33. The van der Waals surface area contributed by atoms with Crippen LogP contribution < -0.4 is 10.2 Å². The number of hydrogen-bond donors (Lipinski definition) is 1. The Hall–Kier alpha value is -1.82. The highest BCUT2D eigenvalue weighted by Gasteiger charge is 2.15. The minimum Gasteiger partial charge on any atom is -0.354 e. The number of hydrogen-bond acceptors (Lipinski definition) is 6. The van der Waals surface area contributed by atoms with Crippen molar-refractivity contribution >= 4 is 11.8 Å². The molecule has 0 radical (unpaired) electrons. The second-order valence-corrected chi connectivity index (χ2v) is 5.80. The van der Waals surface area contributed by atoms with Crippen molar-refractivity contribution in [2.75, 3.05) is 58.3 Å². The predicted octanol–water partition coefficient (Wildman–Crippen LogP) is 0.224. The molecule has 0 aliphatic carbocycles. The van der Waals surface area contributed by atoms with Gasteiger partial charge in [-0.15, -0.1) is 0 Å². The number of nitrogens with one attached hydrogen (secondary N) is 1. The van der Waals surface area contributed by atoms with Gasteiger partial charge in [-0.3, -0.25) is 4.99 Å². The number of aliphatic imine (C=N–C) groups is 1. The van der Waals surface area contributed by atoms with E-state index in [0.717, 1.165) is 57.6 Å². The summed E-state index contributed by atoms with van der Waals surface area (Å²) in [6, 6.07) is 4.28. The molecule has 114 valence electrons. The number of aromatic nitrogens is 1. The van der Waals surface area contributed by atoms with Crippen LogP contribution in [0.3, 0.4) is 0 Å². The summed E-state index contributed by atoms with van der Waals surface area (Å²) in [7, 11) is 4.23. The van der Waals surface area contributed by atoms with Crippen LogP contribution in [0.15, 0.2) is 23.3 Å². The molecule has 0 atom stereocenters. The van der Waals surface area contributed by atoms with E-state index in [1.165, 1.54) is 5.56 Å². The van der Waals surface area contributed by atoms with Gasteiger partial charge in [-0.2, -0.15) is 0 Å². The fourth-order valence-corrected chi connectivity index (χ4v) is 2.65. The summed E-state index contributed by atoms with van der Waals surface area (Å²) in [6.45, 7) is 7.00. The molecule has 0 bridgehead atoms. The first-order valence-corrected chi connectivity index (χ1v) is 7.60. The van der Waals surface area contributed by atoms with E-state index in [9.17, 15) is 0 Å². The lowest BCUT2D eigenvalue weighted by molar-refractivity contribution is 0.312. The lowest BCUT2D eigenvalue weighted by atomic mass is 10.2. The van der Waals surface area contributed by atoms with Crippen LogP contribution in [0.4, 0.5) is 5.82 Å². The third kappa shape index (κ3) is 3.44. The van der Waals surface area contributed by atoms with E-state index in [1.807, 2.05) is 6.20 Å². The summed E-state index contributed by atoms with van der Waals surface area (Å²) < 4.78 is 0. The normalized spacial score (nSPS) is 19.8. The van der Waals surface area contributed by atoms with Crippen LogP contribution in [0.1, 0.15) is 5.56 Å². The molecule has 6 nitrogen and oxygen atoms in total. The third-order valence-electron chi connectivity index (χ3n) is 4.15. The van der Waals surface area contributed by atoms with Gasteiger partial charge < -0.3 is 20.0 Å². The summed E-state index contributed by atoms with van der Waals surface area (Å²) in [5.74, 6) is 2.07. The topological polar surface area (TPSA) is 47.0 Å². The molecule has 21 heavy (non-hydrogen) atoms. The van der Waals surface area contributed by atoms with Gasteiger partial charge in [0.2, 0.25) is 0 Å². The molecule has 0 unspecified atom stereocenters. The predicted molar refractivity (Wildman–Crippen MR) is 85.7 cm³/mol. The van der Waals surface area contributed by atoms with Gasteiger partial charge in [0.15, 0.2) is 5.96 Å². The molecule has 1 N–H and O–H groups in total. The van der Waals surface area contributed by atoms with E-state index in [2.05, 4.69) is 56.2 Å². The molecule has 1 aromatic heterocycles. The number of piperazine rings is 1. The van der Waals surface area contributed by atoms with Gasteiger partial charge in [-0.1, -0.05) is 6.07 Å². The summed E-state index contributed by atoms with van der Waals surface area (Å²) in [5.41, 5.74) is 1.19. The number of anilines is 1. The van der Waals surface area contributed by atoms with Crippen LogP contribution in [-0.4, -0.2) is 74.1 Å². The van der Waals surface area contributed by atoms with Gasteiger partial charge in [0.1, 0.15) is 5.82 Å². The minimum absolute atomic E-state index is 0.777. The largest absolute Gasteiger partial charge is 0.354 e. The number of rotatable bonds is 3. The molecular weight excluding hydrogens is 264 g/mol. The number of pyridine rings is 1. The second-order valence-electron chi connectivity index (χ2n) is 5.80. The zero-order valence-electron chi connectivity index (χ0n) is 12.9. The first-order valence-electron chi connectivity index (χ1n) is 7.60. The van der Waals surface area contributed by atoms with Gasteiger partial charge in [-0.25, -0.2) is 4.98 Å². The zero-order chi connectivity index (χ0) is 14.7. The van der Waals surface area contributed by atoms with Crippen molar-refractivity contribution in [3.63, 3.8) is 0 Å². The average Bonchev–Trinajstić information content (AvgIpc) is 2.92. The van der Waals surface area contributed by atoms with E-state index in [1.54, 1.807) is 0 Å². The SMILES string of the molecule is CN1CCN(c2ccc(CNC3=NCCN3C)cn2)CC1. The van der Waals surface area contributed by atoms with Crippen molar-refractivity contribution in [3.05, 3.63) is 23.9 Å². The Morgan fingerprint density at radius 3 is 2.52 bits per heavy atom. The van der Waals surface area contributed by atoms with E-state index in [4.69, 9.17) is 0 Å². The molecule has 2 aliphatic rings. The van der Waals surface area contributed by atoms with Crippen LogP contribution >= 0.6 is 0 Å². The minimum atomic E-state index is 0.777. The third-order valence-corrected chi connectivity index (χ3v) is 4.15. The summed E-state index contributed by atoms with van der Waals surface area (Å²) >= 11 is 0. The first-order chi connectivity index (χ1) is 10.2. The first kappa shape index (κ1) is 14.1. The van der Waals surface area contributed by atoms with Crippen LogP contribution in [-0.2, 0) is 6.54 Å². The lowest BCUT2D eigenvalue weighted by Crippen LogP contribution is -2.44. The van der Waals surface area contributed by atoms with Crippen molar-refractivity contribution in [2.45, 2.75) is 6.54 Å². The van der Waals surface area contributed by atoms with Crippen LogP contribution in [0.5, 0.6) is 0 Å². The fraction of sp³-hybridized carbons (Fsp3) is 0.600. The van der Waals surface area contributed by atoms with Gasteiger partial charge in [0.05, 0.1) is 6.54 Å². The van der Waals surface area contributed by atoms with Crippen LogP contribution in [0, 0.1) is 0 Å². The number of nitrogens with zero attached hydrogens (tertiary/aromatic N) is 5. The maximum Gasteiger partial charge on any atom is 0.194 e. The Morgan fingerprint density at radius 1 is 1.10 bits per heavy atom. The Bertz CT molecular complexity index is 489. The highest BCUT2D eigenvalue weighted by molar-refractivity contribution is 5.81. The van der Waals surface area contributed by atoms with E-state index >= 15 is 0 Å². The molecule has 1 aromatic rings. The number of guanidine groups is 1. The monoisotopic (exact) mass is 288 g/mol. The Morgan fingerprint density at radius 2 is 1.90 bits per heavy atom. The molecule has 0 amide bonds. The van der Waals surface area contributed by atoms with Crippen molar-refractivity contribution in [1.82, 2.24) is 20.1 Å². The molecule has 0 saturated carbocycles. The van der Waals surface area contributed by atoms with Gasteiger partial charge in [0, 0.05) is 52.5 Å². The molecule has 2 aliphatic heterocycles. The number of likely N-dealkylation sites (N-methyl/N-ethyl adjacent to an activating group) is 2. The molecule has 3 heterocycles. The average molecular weight is 288 g/mol. The van der Waals surface area contributed by atoms with Crippen molar-refractivity contribution < 1.29 is 0 Å². The van der Waals surface area contributed by atoms with Gasteiger partial charge in [0.25, 0.3) is 0 Å². The molecule has 1 saturated heterocycles. The Kier molecular flexibility index (Phi) is 4.24. The smallest absolute Gasteiger partial charge is 0.194 e. The molecular formula is C15H24N6. The maximum absolute atomic E-state index is 4.61. The Balaban J connectivity index is 1.54. The molecule has 3 rings (SSSR count). The maximum atomic E-state index is 4.61. The fourth-order valence-electron chi connectivity index (χ4n) is 2.65. The van der Waals surface area contributed by atoms with E-state index in [-0.39, 0.29) is 0 Å². The molecule has 6 heteroatoms. The highest BCUT2D eigenvalue weighted by atomic mass is 15.3. The van der Waals surface area contributed by atoms with Crippen molar-refractivity contribution in [3.8, 4) is 0 Å².